The molecular formula is C12H17NO3. The highest BCUT2D eigenvalue weighted by Crippen LogP contribution is 2.14. The third kappa shape index (κ3) is 3.53. The fourth-order valence-corrected chi connectivity index (χ4v) is 1.35. The molecule has 0 aliphatic heterocycles. The Hall–Kier alpha value is -1.58. The zero-order valence-corrected chi connectivity index (χ0v) is 9.69. The van der Waals surface area contributed by atoms with Crippen molar-refractivity contribution in [2.45, 2.75) is 33.1 Å². The first-order valence-electron chi connectivity index (χ1n) is 5.54. The van der Waals surface area contributed by atoms with Gasteiger partial charge in [-0.2, -0.15) is 0 Å². The van der Waals surface area contributed by atoms with Crippen molar-refractivity contribution in [3.63, 3.8) is 0 Å². The van der Waals surface area contributed by atoms with Gasteiger partial charge in [-0.15, -0.1) is 0 Å². The van der Waals surface area contributed by atoms with Crippen molar-refractivity contribution in [3.8, 4) is 5.88 Å². The molecule has 0 fully saturated rings. The molecule has 0 bridgehead atoms. The van der Waals surface area contributed by atoms with Gasteiger partial charge in [0.05, 0.1) is 12.2 Å². The molecular weight excluding hydrogens is 206 g/mol. The van der Waals surface area contributed by atoms with Crippen molar-refractivity contribution < 1.29 is 14.6 Å². The van der Waals surface area contributed by atoms with E-state index in [1.807, 2.05) is 13.8 Å². The van der Waals surface area contributed by atoms with Gasteiger partial charge in [0.15, 0.2) is 0 Å². The van der Waals surface area contributed by atoms with E-state index in [1.165, 1.54) is 6.07 Å². The van der Waals surface area contributed by atoms with Gasteiger partial charge in [-0.05, 0) is 18.9 Å². The summed E-state index contributed by atoms with van der Waals surface area (Å²) in [7, 11) is 0. The zero-order chi connectivity index (χ0) is 12.0. The van der Waals surface area contributed by atoms with E-state index in [4.69, 9.17) is 9.84 Å². The number of carboxylic acid groups (broad SMARTS) is 1. The molecule has 0 radical (unpaired) electrons. The Kier molecular flexibility index (Phi) is 4.76. The lowest BCUT2D eigenvalue weighted by molar-refractivity contribution is 0.0696. The summed E-state index contributed by atoms with van der Waals surface area (Å²) in [6.07, 6.45) is 2.58. The topological polar surface area (TPSA) is 59.4 Å². The molecule has 1 aromatic rings. The number of nitrogens with zero attached hydrogens (tertiary/aromatic N) is 1. The summed E-state index contributed by atoms with van der Waals surface area (Å²) in [5.74, 6) is -0.536. The van der Waals surface area contributed by atoms with Crippen molar-refractivity contribution in [2.75, 3.05) is 6.61 Å². The van der Waals surface area contributed by atoms with Crippen molar-refractivity contribution in [3.05, 3.63) is 23.4 Å². The van der Waals surface area contributed by atoms with Crippen LogP contribution in [0.25, 0.3) is 0 Å². The second-order valence-electron chi connectivity index (χ2n) is 3.59. The number of aromatic carboxylic acids is 1. The maximum Gasteiger partial charge on any atom is 0.335 e. The van der Waals surface area contributed by atoms with E-state index in [9.17, 15) is 4.79 Å². The Morgan fingerprint density at radius 3 is 2.69 bits per heavy atom. The smallest absolute Gasteiger partial charge is 0.335 e. The highest BCUT2D eigenvalue weighted by molar-refractivity contribution is 5.88. The Morgan fingerprint density at radius 1 is 1.38 bits per heavy atom. The van der Waals surface area contributed by atoms with E-state index in [-0.39, 0.29) is 5.56 Å². The fraction of sp³-hybridized carbons (Fsp3) is 0.500. The standard InChI is InChI=1S/C12H17NO3/c1-3-5-10-7-9(12(14)15)8-11(13-10)16-6-4-2/h7-8H,3-6H2,1-2H3,(H,14,15). The van der Waals surface area contributed by atoms with Gasteiger partial charge in [-0.25, -0.2) is 9.78 Å². The summed E-state index contributed by atoms with van der Waals surface area (Å²) >= 11 is 0. The number of hydrogen-bond donors (Lipinski definition) is 1. The lowest BCUT2D eigenvalue weighted by Gasteiger charge is -2.07. The van der Waals surface area contributed by atoms with Crippen LogP contribution in [-0.2, 0) is 6.42 Å². The molecule has 1 N–H and O–H groups in total. The minimum Gasteiger partial charge on any atom is -0.478 e. The Morgan fingerprint density at radius 2 is 2.12 bits per heavy atom. The monoisotopic (exact) mass is 223 g/mol. The van der Waals surface area contributed by atoms with Crippen LogP contribution in [0.4, 0.5) is 0 Å². The summed E-state index contributed by atoms with van der Waals surface area (Å²) in [6, 6.07) is 3.07. The third-order valence-electron chi connectivity index (χ3n) is 2.06. The maximum absolute atomic E-state index is 10.9. The second kappa shape index (κ2) is 6.10. The SMILES string of the molecule is CCCOc1cc(C(=O)O)cc(CCC)n1. The molecule has 0 unspecified atom stereocenters. The number of carboxylic acids is 1. The van der Waals surface area contributed by atoms with Crippen molar-refractivity contribution >= 4 is 5.97 Å². The van der Waals surface area contributed by atoms with E-state index in [0.717, 1.165) is 25.0 Å². The highest BCUT2D eigenvalue weighted by atomic mass is 16.5. The molecule has 0 aliphatic rings. The molecule has 4 nitrogen and oxygen atoms in total. The third-order valence-corrected chi connectivity index (χ3v) is 2.06. The van der Waals surface area contributed by atoms with E-state index < -0.39 is 5.97 Å². The average Bonchev–Trinajstić information content (AvgIpc) is 2.26. The molecule has 0 aromatic carbocycles. The summed E-state index contributed by atoms with van der Waals surface area (Å²) < 4.78 is 5.36. The van der Waals surface area contributed by atoms with Crippen LogP contribution >= 0.6 is 0 Å². The molecule has 0 saturated carbocycles. The van der Waals surface area contributed by atoms with Crippen LogP contribution in [0.2, 0.25) is 0 Å². The van der Waals surface area contributed by atoms with E-state index in [0.29, 0.717) is 12.5 Å². The molecule has 1 rings (SSSR count). The second-order valence-corrected chi connectivity index (χ2v) is 3.59. The molecule has 0 saturated heterocycles. The number of ether oxygens (including phenoxy) is 1. The quantitative estimate of drug-likeness (QED) is 0.805. The van der Waals surface area contributed by atoms with Crippen molar-refractivity contribution in [1.82, 2.24) is 4.98 Å². The number of pyridine rings is 1. The molecule has 1 heterocycles. The molecule has 0 amide bonds. The first kappa shape index (κ1) is 12.5. The number of hydrogen-bond acceptors (Lipinski definition) is 3. The minimum atomic E-state index is -0.943. The Bertz CT molecular complexity index is 363. The van der Waals surface area contributed by atoms with Crippen LogP contribution in [0.1, 0.15) is 42.7 Å². The van der Waals surface area contributed by atoms with E-state index >= 15 is 0 Å². The Balaban J connectivity index is 2.93. The fourth-order valence-electron chi connectivity index (χ4n) is 1.35. The minimum absolute atomic E-state index is 0.240. The lowest BCUT2D eigenvalue weighted by atomic mass is 10.1. The van der Waals surface area contributed by atoms with Gasteiger partial charge < -0.3 is 9.84 Å². The van der Waals surface area contributed by atoms with Crippen LogP contribution in [0.15, 0.2) is 12.1 Å². The summed E-state index contributed by atoms with van der Waals surface area (Å²) in [4.78, 5) is 15.2. The highest BCUT2D eigenvalue weighted by Gasteiger charge is 2.08. The van der Waals surface area contributed by atoms with Crippen LogP contribution in [-0.4, -0.2) is 22.7 Å². The molecule has 4 heteroatoms. The Labute approximate surface area is 95.3 Å². The van der Waals surface area contributed by atoms with Crippen molar-refractivity contribution in [2.24, 2.45) is 0 Å². The average molecular weight is 223 g/mol. The maximum atomic E-state index is 10.9. The number of aryl methyl sites for hydroxylation is 1. The number of aromatic nitrogens is 1. The van der Waals surface area contributed by atoms with Gasteiger partial charge in [-0.1, -0.05) is 20.3 Å². The van der Waals surface area contributed by atoms with Gasteiger partial charge in [-0.3, -0.25) is 0 Å². The van der Waals surface area contributed by atoms with Gasteiger partial charge in [0.1, 0.15) is 0 Å². The predicted octanol–water partition coefficient (Wildman–Crippen LogP) is 2.52. The number of carbonyl (C=O) groups is 1. The van der Waals surface area contributed by atoms with E-state index in [2.05, 4.69) is 4.98 Å². The number of rotatable bonds is 6. The van der Waals surface area contributed by atoms with Crippen LogP contribution in [0, 0.1) is 0 Å². The predicted molar refractivity (Wildman–Crippen MR) is 61.0 cm³/mol. The van der Waals surface area contributed by atoms with Gasteiger partial charge >= 0.3 is 5.97 Å². The largest absolute Gasteiger partial charge is 0.478 e. The van der Waals surface area contributed by atoms with Crippen LogP contribution in [0.3, 0.4) is 0 Å². The van der Waals surface area contributed by atoms with Gasteiger partial charge in [0.2, 0.25) is 5.88 Å². The van der Waals surface area contributed by atoms with Gasteiger partial charge in [0.25, 0.3) is 0 Å². The summed E-state index contributed by atoms with van der Waals surface area (Å²) in [6.45, 7) is 4.58. The van der Waals surface area contributed by atoms with Crippen LogP contribution < -0.4 is 4.74 Å². The molecule has 0 spiro atoms. The normalized spacial score (nSPS) is 10.1. The molecule has 0 atom stereocenters. The van der Waals surface area contributed by atoms with Gasteiger partial charge in [0, 0.05) is 11.8 Å². The molecule has 16 heavy (non-hydrogen) atoms. The van der Waals surface area contributed by atoms with E-state index in [1.54, 1.807) is 6.07 Å². The first-order chi connectivity index (χ1) is 7.67. The zero-order valence-electron chi connectivity index (χ0n) is 9.69. The molecule has 1 aromatic heterocycles. The first-order valence-corrected chi connectivity index (χ1v) is 5.54. The summed E-state index contributed by atoms with van der Waals surface area (Å²) in [5.41, 5.74) is 1.01. The van der Waals surface area contributed by atoms with Crippen LogP contribution in [0.5, 0.6) is 5.88 Å². The van der Waals surface area contributed by atoms with Crippen molar-refractivity contribution in [1.29, 1.82) is 0 Å². The molecule has 0 aliphatic carbocycles. The summed E-state index contributed by atoms with van der Waals surface area (Å²) in [5, 5.41) is 8.94. The molecule has 88 valence electrons. The lowest BCUT2D eigenvalue weighted by Crippen LogP contribution is -2.04.